The SMILES string of the molecule is CC/C=C\C/C=C\C/C=C\C/C=C\C/C=C\CCCCCCCCCCCCCC(=O)OC(/C=C\CCCCCCCCCCC)C(COP(=O)(O)OCC[N+](C)(C)C)NC(=O)CCCCCCCCCCCCCCCC. The third-order valence-corrected chi connectivity index (χ3v) is 15.4. The summed E-state index contributed by atoms with van der Waals surface area (Å²) >= 11 is 0. The van der Waals surface area contributed by atoms with E-state index in [1.807, 2.05) is 33.3 Å². The summed E-state index contributed by atoms with van der Waals surface area (Å²) in [6.07, 6.45) is 74.8. The molecule has 0 bridgehead atoms. The lowest BCUT2D eigenvalue weighted by molar-refractivity contribution is -0.870. The van der Waals surface area contributed by atoms with E-state index in [0.29, 0.717) is 17.4 Å². The van der Waals surface area contributed by atoms with Crippen LogP contribution < -0.4 is 5.32 Å². The van der Waals surface area contributed by atoms with Crippen molar-refractivity contribution in [3.05, 3.63) is 72.9 Å². The van der Waals surface area contributed by atoms with Gasteiger partial charge in [-0.3, -0.25) is 18.6 Å². The molecular formula is C68H126N2O7P+. The molecule has 78 heavy (non-hydrogen) atoms. The van der Waals surface area contributed by atoms with Crippen LogP contribution >= 0.6 is 7.82 Å². The van der Waals surface area contributed by atoms with Gasteiger partial charge < -0.3 is 19.4 Å². The molecule has 454 valence electrons. The van der Waals surface area contributed by atoms with Gasteiger partial charge in [-0.25, -0.2) is 4.57 Å². The van der Waals surface area contributed by atoms with Crippen LogP contribution in [-0.2, 0) is 27.9 Å². The molecule has 0 aromatic rings. The lowest BCUT2D eigenvalue weighted by Crippen LogP contribution is -2.47. The Bertz CT molecular complexity index is 1570. The van der Waals surface area contributed by atoms with Crippen molar-refractivity contribution >= 4 is 19.7 Å². The van der Waals surface area contributed by atoms with Crippen LogP contribution in [0.25, 0.3) is 0 Å². The number of nitrogens with one attached hydrogen (secondary N) is 1. The number of phosphoric acid groups is 1. The number of quaternary nitrogens is 1. The lowest BCUT2D eigenvalue weighted by atomic mass is 10.0. The Kier molecular flexibility index (Phi) is 55.8. The highest BCUT2D eigenvalue weighted by molar-refractivity contribution is 7.47. The first-order valence-electron chi connectivity index (χ1n) is 32.8. The molecule has 0 saturated heterocycles. The maximum atomic E-state index is 13.5. The Morgan fingerprint density at radius 3 is 1.23 bits per heavy atom. The van der Waals surface area contributed by atoms with Gasteiger partial charge in [0.05, 0.1) is 33.8 Å². The molecule has 0 aliphatic rings. The number of phosphoric ester groups is 1. The van der Waals surface area contributed by atoms with E-state index >= 15 is 0 Å². The summed E-state index contributed by atoms with van der Waals surface area (Å²) in [4.78, 5) is 37.7. The number of amides is 1. The third kappa shape index (κ3) is 58.1. The van der Waals surface area contributed by atoms with Gasteiger partial charge in [-0.05, 0) is 76.7 Å². The third-order valence-electron chi connectivity index (χ3n) is 14.4. The van der Waals surface area contributed by atoms with E-state index < -0.39 is 20.0 Å². The van der Waals surface area contributed by atoms with Gasteiger partial charge in [0, 0.05) is 12.8 Å². The molecule has 0 aromatic carbocycles. The maximum Gasteiger partial charge on any atom is 0.472 e. The number of esters is 1. The van der Waals surface area contributed by atoms with Crippen molar-refractivity contribution in [2.75, 3.05) is 40.9 Å². The fourth-order valence-electron chi connectivity index (χ4n) is 9.38. The standard InChI is InChI=1S/C68H125N2O7P/c1-7-10-13-16-19-22-25-27-29-30-31-32-33-34-35-36-37-38-39-40-41-43-46-49-52-55-58-61-68(72)77-66(59-56-53-50-47-44-24-21-18-15-12-9-3)65(64-76-78(73,74)75-63-62-70(4,5)6)69-67(71)60-57-54-51-48-45-42-28-26-23-20-17-14-11-8-2/h10,13,19,22,27,29,31-32,34-35,56,59,65-66H,7-9,11-12,14-18,20-21,23-26,28,30,33,36-55,57-58,60-64H2,1-6H3,(H-,69,71,73,74)/p+1/b13-10-,22-19-,29-27-,32-31-,35-34-,59-56-. The zero-order valence-corrected chi connectivity index (χ0v) is 52.8. The van der Waals surface area contributed by atoms with Crippen molar-refractivity contribution < 1.29 is 37.3 Å². The molecule has 0 aliphatic heterocycles. The van der Waals surface area contributed by atoms with Crippen LogP contribution in [0.5, 0.6) is 0 Å². The van der Waals surface area contributed by atoms with E-state index in [4.69, 9.17) is 13.8 Å². The van der Waals surface area contributed by atoms with E-state index in [2.05, 4.69) is 86.8 Å². The summed E-state index contributed by atoms with van der Waals surface area (Å²) in [6.45, 7) is 6.91. The minimum atomic E-state index is -4.45. The molecule has 3 unspecified atom stereocenters. The first-order chi connectivity index (χ1) is 37.9. The number of nitrogens with zero attached hydrogens (tertiary/aromatic N) is 1. The van der Waals surface area contributed by atoms with Gasteiger partial charge >= 0.3 is 13.8 Å². The molecule has 0 aromatic heterocycles. The molecule has 2 N–H and O–H groups in total. The molecule has 0 fully saturated rings. The van der Waals surface area contributed by atoms with Crippen molar-refractivity contribution in [2.24, 2.45) is 0 Å². The second kappa shape index (κ2) is 57.7. The minimum absolute atomic E-state index is 0.0396. The number of rotatable bonds is 59. The van der Waals surface area contributed by atoms with Crippen molar-refractivity contribution in [3.63, 3.8) is 0 Å². The first-order valence-corrected chi connectivity index (χ1v) is 34.3. The van der Waals surface area contributed by atoms with Gasteiger partial charge in [-0.1, -0.05) is 280 Å². The van der Waals surface area contributed by atoms with Crippen LogP contribution in [0, 0.1) is 0 Å². The molecule has 0 spiro atoms. The van der Waals surface area contributed by atoms with Gasteiger partial charge in [0.1, 0.15) is 19.3 Å². The Hall–Kier alpha value is -2.55. The quantitative estimate of drug-likeness (QED) is 0.0205. The van der Waals surface area contributed by atoms with Crippen molar-refractivity contribution in [1.82, 2.24) is 5.32 Å². The summed E-state index contributed by atoms with van der Waals surface area (Å²) in [5, 5.41) is 3.06. The van der Waals surface area contributed by atoms with E-state index in [1.54, 1.807) is 0 Å². The van der Waals surface area contributed by atoms with Crippen LogP contribution in [0.1, 0.15) is 297 Å². The molecule has 0 aliphatic carbocycles. The molecular weight excluding hydrogens is 988 g/mol. The molecule has 0 saturated carbocycles. The highest BCUT2D eigenvalue weighted by atomic mass is 31.2. The van der Waals surface area contributed by atoms with Crippen molar-refractivity contribution in [3.8, 4) is 0 Å². The number of hydrogen-bond acceptors (Lipinski definition) is 6. The Morgan fingerprint density at radius 2 is 0.821 bits per heavy atom. The van der Waals surface area contributed by atoms with Crippen LogP contribution in [0.2, 0.25) is 0 Å². The Labute approximate surface area is 483 Å². The van der Waals surface area contributed by atoms with Crippen LogP contribution in [0.4, 0.5) is 0 Å². The summed E-state index contributed by atoms with van der Waals surface area (Å²) in [5.74, 6) is -0.501. The number of carbonyl (C=O) groups excluding carboxylic acids is 2. The van der Waals surface area contributed by atoms with Crippen LogP contribution in [0.3, 0.4) is 0 Å². The minimum Gasteiger partial charge on any atom is -0.456 e. The summed E-state index contributed by atoms with van der Waals surface area (Å²) < 4.78 is 30.7. The molecule has 1 amide bonds. The zero-order valence-electron chi connectivity index (χ0n) is 51.9. The number of allylic oxidation sites excluding steroid dienone is 11. The summed E-state index contributed by atoms with van der Waals surface area (Å²) in [7, 11) is 1.50. The van der Waals surface area contributed by atoms with Gasteiger partial charge in [0.15, 0.2) is 0 Å². The molecule has 0 rings (SSSR count). The fourth-order valence-corrected chi connectivity index (χ4v) is 10.1. The van der Waals surface area contributed by atoms with Crippen LogP contribution in [0.15, 0.2) is 72.9 Å². The number of ether oxygens (including phenoxy) is 1. The Balaban J connectivity index is 5.03. The number of unbranched alkanes of at least 4 members (excludes halogenated alkanes) is 33. The predicted octanol–water partition coefficient (Wildman–Crippen LogP) is 20.4. The van der Waals surface area contributed by atoms with E-state index in [9.17, 15) is 19.0 Å². The van der Waals surface area contributed by atoms with Gasteiger partial charge in [-0.2, -0.15) is 0 Å². The van der Waals surface area contributed by atoms with Gasteiger partial charge in [0.25, 0.3) is 0 Å². The van der Waals surface area contributed by atoms with Crippen molar-refractivity contribution in [2.45, 2.75) is 309 Å². The molecule has 10 heteroatoms. The second-order valence-electron chi connectivity index (χ2n) is 23.3. The van der Waals surface area contributed by atoms with E-state index in [0.717, 1.165) is 89.9 Å². The lowest BCUT2D eigenvalue weighted by Gasteiger charge is -2.27. The monoisotopic (exact) mass is 1110 g/mol. The van der Waals surface area contributed by atoms with Crippen molar-refractivity contribution in [1.29, 1.82) is 0 Å². The summed E-state index contributed by atoms with van der Waals surface area (Å²) in [5.41, 5.74) is 0. The second-order valence-corrected chi connectivity index (χ2v) is 24.7. The van der Waals surface area contributed by atoms with Gasteiger partial charge in [-0.15, -0.1) is 0 Å². The smallest absolute Gasteiger partial charge is 0.456 e. The maximum absolute atomic E-state index is 13.5. The molecule has 0 heterocycles. The average molecular weight is 1110 g/mol. The number of likely N-dealkylation sites (N-methyl/N-ethyl adjacent to an activating group) is 1. The molecule has 9 nitrogen and oxygen atoms in total. The number of carbonyl (C=O) groups is 2. The normalized spacial score (nSPS) is 14.1. The molecule has 3 atom stereocenters. The van der Waals surface area contributed by atoms with Crippen LogP contribution in [-0.4, -0.2) is 74.3 Å². The highest BCUT2D eigenvalue weighted by Gasteiger charge is 2.30. The van der Waals surface area contributed by atoms with E-state index in [-0.39, 0.29) is 31.5 Å². The van der Waals surface area contributed by atoms with Gasteiger partial charge in [0.2, 0.25) is 5.91 Å². The molecule has 0 radical (unpaired) electrons. The fraction of sp³-hybridized carbons (Fsp3) is 0.794. The largest absolute Gasteiger partial charge is 0.472 e. The topological polar surface area (TPSA) is 111 Å². The highest BCUT2D eigenvalue weighted by Crippen LogP contribution is 2.43. The van der Waals surface area contributed by atoms with E-state index in [1.165, 1.54) is 173 Å². The predicted molar refractivity (Wildman–Crippen MR) is 337 cm³/mol. The Morgan fingerprint density at radius 1 is 0.462 bits per heavy atom. The first kappa shape index (κ1) is 75.5. The average Bonchev–Trinajstić information content (AvgIpc) is 3.40. The number of hydrogen-bond donors (Lipinski definition) is 2. The zero-order chi connectivity index (χ0) is 57.2. The summed E-state index contributed by atoms with van der Waals surface area (Å²) in [6, 6.07) is -0.848.